The summed E-state index contributed by atoms with van der Waals surface area (Å²) in [6.07, 6.45) is 1.78. The first-order valence-corrected chi connectivity index (χ1v) is 10.2. The van der Waals surface area contributed by atoms with E-state index >= 15 is 0 Å². The van der Waals surface area contributed by atoms with Crippen LogP contribution < -0.4 is 5.32 Å². The molecule has 150 valence electrons. The van der Waals surface area contributed by atoms with Gasteiger partial charge in [-0.15, -0.1) is 0 Å². The fourth-order valence-corrected chi connectivity index (χ4v) is 3.93. The van der Waals surface area contributed by atoms with Crippen LogP contribution in [0.2, 0.25) is 0 Å². The minimum Gasteiger partial charge on any atom is -0.378 e. The smallest absolute Gasteiger partial charge is 0.212 e. The van der Waals surface area contributed by atoms with Crippen LogP contribution in [0.3, 0.4) is 0 Å². The summed E-state index contributed by atoms with van der Waals surface area (Å²) in [5.74, 6) is -0.187. The molecule has 0 bridgehead atoms. The number of aryl methyl sites for hydroxylation is 1. The highest BCUT2D eigenvalue weighted by molar-refractivity contribution is 6.26. The maximum absolute atomic E-state index is 13.3. The maximum atomic E-state index is 13.3. The first-order valence-electron chi connectivity index (χ1n) is 10.2. The summed E-state index contributed by atoms with van der Waals surface area (Å²) in [6.45, 7) is 4.40. The van der Waals surface area contributed by atoms with Crippen molar-refractivity contribution < 1.29 is 14.3 Å². The van der Waals surface area contributed by atoms with Crippen LogP contribution in [0.4, 0.5) is 0 Å². The zero-order valence-corrected chi connectivity index (χ0v) is 16.7. The van der Waals surface area contributed by atoms with E-state index in [-0.39, 0.29) is 17.6 Å². The van der Waals surface area contributed by atoms with E-state index in [0.717, 1.165) is 12.8 Å². The van der Waals surface area contributed by atoms with Crippen LogP contribution in [0.1, 0.15) is 39.6 Å². The minimum absolute atomic E-state index is 0.0586. The fourth-order valence-electron chi connectivity index (χ4n) is 3.93. The number of nitrogens with zero attached hydrogens (tertiary/aromatic N) is 1. The summed E-state index contributed by atoms with van der Waals surface area (Å²) in [4.78, 5) is 28.6. The molecule has 1 aliphatic carbocycles. The van der Waals surface area contributed by atoms with Gasteiger partial charge >= 0.3 is 0 Å². The Morgan fingerprint density at radius 3 is 2.24 bits per heavy atom. The standard InChI is InChI=1S/C24H26N2O3/c1-17(11-12-18-7-3-2-4-8-18)25-21-22(26-13-15-29-16-14-26)24(28)20-10-6-5-9-19(20)23(21)27/h2-10,17,25H,11-16H2,1H3. The Bertz CT molecular complexity index is 930. The summed E-state index contributed by atoms with van der Waals surface area (Å²) in [7, 11) is 0. The van der Waals surface area contributed by atoms with Crippen molar-refractivity contribution in [1.82, 2.24) is 10.2 Å². The number of allylic oxidation sites excluding steroid dienone is 2. The highest BCUT2D eigenvalue weighted by Crippen LogP contribution is 2.28. The minimum atomic E-state index is -0.103. The molecular formula is C24H26N2O3. The van der Waals surface area contributed by atoms with Crippen molar-refractivity contribution in [3.05, 3.63) is 82.7 Å². The first kappa shape index (κ1) is 19.4. The molecule has 1 aliphatic heterocycles. The molecule has 29 heavy (non-hydrogen) atoms. The van der Waals surface area contributed by atoms with Gasteiger partial charge in [-0.3, -0.25) is 9.59 Å². The number of Topliss-reactive ketones (excluding diaryl/α,β-unsaturated/α-hetero) is 2. The van der Waals surface area contributed by atoms with Gasteiger partial charge in [0.05, 0.1) is 13.2 Å². The summed E-state index contributed by atoms with van der Waals surface area (Å²) in [5, 5.41) is 3.38. The number of carbonyl (C=O) groups is 2. The number of ether oxygens (including phenoxy) is 1. The largest absolute Gasteiger partial charge is 0.378 e. The number of hydrogen-bond acceptors (Lipinski definition) is 5. The lowest BCUT2D eigenvalue weighted by molar-refractivity contribution is 0.0492. The molecule has 1 fully saturated rings. The molecule has 0 saturated carbocycles. The molecule has 4 rings (SSSR count). The van der Waals surface area contributed by atoms with E-state index in [9.17, 15) is 9.59 Å². The molecule has 1 saturated heterocycles. The van der Waals surface area contributed by atoms with Gasteiger partial charge in [-0.1, -0.05) is 54.6 Å². The van der Waals surface area contributed by atoms with E-state index < -0.39 is 0 Å². The summed E-state index contributed by atoms with van der Waals surface area (Å²) < 4.78 is 5.45. The van der Waals surface area contributed by atoms with Gasteiger partial charge in [0.2, 0.25) is 11.6 Å². The molecule has 1 N–H and O–H groups in total. The van der Waals surface area contributed by atoms with Gasteiger partial charge in [0, 0.05) is 30.3 Å². The van der Waals surface area contributed by atoms with Crippen molar-refractivity contribution in [3.63, 3.8) is 0 Å². The number of ketones is 2. The summed E-state index contributed by atoms with van der Waals surface area (Å²) in [6, 6.07) is 17.4. The molecular weight excluding hydrogens is 364 g/mol. The highest BCUT2D eigenvalue weighted by Gasteiger charge is 2.36. The average Bonchev–Trinajstić information content (AvgIpc) is 2.77. The van der Waals surface area contributed by atoms with Gasteiger partial charge in [-0.2, -0.15) is 0 Å². The topological polar surface area (TPSA) is 58.6 Å². The number of hydrogen-bond donors (Lipinski definition) is 1. The molecule has 0 radical (unpaired) electrons. The van der Waals surface area contributed by atoms with Crippen LogP contribution >= 0.6 is 0 Å². The summed E-state index contributed by atoms with van der Waals surface area (Å²) >= 11 is 0. The van der Waals surface area contributed by atoms with Crippen molar-refractivity contribution in [2.24, 2.45) is 0 Å². The van der Waals surface area contributed by atoms with Crippen molar-refractivity contribution in [2.75, 3.05) is 26.3 Å². The van der Waals surface area contributed by atoms with Crippen molar-refractivity contribution >= 4 is 11.6 Å². The Balaban J connectivity index is 1.60. The number of rotatable bonds is 6. The van der Waals surface area contributed by atoms with Gasteiger partial charge < -0.3 is 15.0 Å². The third-order valence-electron chi connectivity index (χ3n) is 5.52. The molecule has 2 aromatic rings. The molecule has 5 nitrogen and oxygen atoms in total. The molecule has 2 aromatic carbocycles. The monoisotopic (exact) mass is 390 g/mol. The average molecular weight is 390 g/mol. The van der Waals surface area contributed by atoms with Crippen LogP contribution in [-0.4, -0.2) is 48.8 Å². The predicted molar refractivity (Wildman–Crippen MR) is 112 cm³/mol. The Labute approximate surface area is 171 Å². The van der Waals surface area contributed by atoms with E-state index in [1.165, 1.54) is 5.56 Å². The highest BCUT2D eigenvalue weighted by atomic mass is 16.5. The third kappa shape index (κ3) is 4.10. The fraction of sp³-hybridized carbons (Fsp3) is 0.333. The Morgan fingerprint density at radius 2 is 1.55 bits per heavy atom. The number of nitrogens with one attached hydrogen (secondary N) is 1. The second kappa shape index (κ2) is 8.62. The van der Waals surface area contributed by atoms with Crippen molar-refractivity contribution in [3.8, 4) is 0 Å². The Morgan fingerprint density at radius 1 is 0.931 bits per heavy atom. The van der Waals surface area contributed by atoms with Crippen molar-refractivity contribution in [2.45, 2.75) is 25.8 Å². The van der Waals surface area contributed by atoms with Gasteiger partial charge in [0.1, 0.15) is 11.4 Å². The number of fused-ring (bicyclic) bond motifs is 1. The first-order chi connectivity index (χ1) is 14.1. The van der Waals surface area contributed by atoms with Crippen LogP contribution in [-0.2, 0) is 11.2 Å². The van der Waals surface area contributed by atoms with Gasteiger partial charge in [-0.05, 0) is 25.3 Å². The Kier molecular flexibility index (Phi) is 5.76. The van der Waals surface area contributed by atoms with E-state index in [4.69, 9.17) is 4.74 Å². The van der Waals surface area contributed by atoms with E-state index in [1.807, 2.05) is 29.2 Å². The van der Waals surface area contributed by atoms with E-state index in [2.05, 4.69) is 24.4 Å². The van der Waals surface area contributed by atoms with Crippen LogP contribution in [0.5, 0.6) is 0 Å². The molecule has 1 heterocycles. The second-order valence-corrected chi connectivity index (χ2v) is 7.60. The molecule has 5 heteroatoms. The molecule has 0 amide bonds. The van der Waals surface area contributed by atoms with Crippen LogP contribution in [0.25, 0.3) is 0 Å². The lowest BCUT2D eigenvalue weighted by Crippen LogP contribution is -2.44. The zero-order chi connectivity index (χ0) is 20.2. The quantitative estimate of drug-likeness (QED) is 0.821. The predicted octanol–water partition coefficient (Wildman–Crippen LogP) is 3.22. The lowest BCUT2D eigenvalue weighted by Gasteiger charge is -2.34. The lowest BCUT2D eigenvalue weighted by atomic mass is 9.89. The summed E-state index contributed by atoms with van der Waals surface area (Å²) in [5.41, 5.74) is 3.15. The van der Waals surface area contributed by atoms with Gasteiger partial charge in [-0.25, -0.2) is 0 Å². The number of carbonyl (C=O) groups excluding carboxylic acids is 2. The van der Waals surface area contributed by atoms with E-state index in [0.29, 0.717) is 48.8 Å². The Hall–Kier alpha value is -2.92. The van der Waals surface area contributed by atoms with Crippen molar-refractivity contribution in [1.29, 1.82) is 0 Å². The zero-order valence-electron chi connectivity index (χ0n) is 16.7. The van der Waals surface area contributed by atoms with Crippen LogP contribution in [0, 0.1) is 0 Å². The molecule has 1 atom stereocenters. The molecule has 0 aromatic heterocycles. The third-order valence-corrected chi connectivity index (χ3v) is 5.52. The van der Waals surface area contributed by atoms with Gasteiger partial charge in [0.25, 0.3) is 0 Å². The van der Waals surface area contributed by atoms with Crippen LogP contribution in [0.15, 0.2) is 66.0 Å². The van der Waals surface area contributed by atoms with Gasteiger partial charge in [0.15, 0.2) is 0 Å². The molecule has 1 unspecified atom stereocenters. The molecule has 2 aliphatic rings. The number of benzene rings is 2. The second-order valence-electron chi connectivity index (χ2n) is 7.60. The maximum Gasteiger partial charge on any atom is 0.212 e. The normalized spacial score (nSPS) is 17.9. The number of morpholine rings is 1. The van der Waals surface area contributed by atoms with E-state index in [1.54, 1.807) is 18.2 Å². The SMILES string of the molecule is CC(CCc1ccccc1)NC1=C(N2CCOCC2)C(=O)c2ccccc2C1=O. The molecule has 0 spiro atoms.